The molecule has 1 atom stereocenters. The predicted molar refractivity (Wildman–Crippen MR) is 136 cm³/mol. The van der Waals surface area contributed by atoms with Gasteiger partial charge in [-0.05, 0) is 68.8 Å². The lowest BCUT2D eigenvalue weighted by Gasteiger charge is -2.32. The Morgan fingerprint density at radius 3 is 2.47 bits per heavy atom. The van der Waals surface area contributed by atoms with Crippen LogP contribution in [0.15, 0.2) is 66.7 Å². The van der Waals surface area contributed by atoms with Crippen LogP contribution in [0.4, 0.5) is 11.4 Å². The van der Waals surface area contributed by atoms with E-state index in [0.717, 1.165) is 19.6 Å². The number of rotatable bonds is 5. The van der Waals surface area contributed by atoms with Crippen molar-refractivity contribution in [2.75, 3.05) is 36.4 Å². The molecule has 2 aliphatic heterocycles. The van der Waals surface area contributed by atoms with Gasteiger partial charge in [-0.15, -0.1) is 0 Å². The Morgan fingerprint density at radius 2 is 1.59 bits per heavy atom. The molecule has 0 aliphatic carbocycles. The lowest BCUT2D eigenvalue weighted by Crippen LogP contribution is -2.39. The molecule has 0 amide bonds. The number of hydrogen-bond donors (Lipinski definition) is 1. The average Bonchev–Trinajstić information content (AvgIpc) is 3.38. The number of fused-ring (bicyclic) bond motifs is 4. The lowest BCUT2D eigenvalue weighted by atomic mass is 10.1. The Hall–Kier alpha value is -2.98. The third-order valence-corrected chi connectivity index (χ3v) is 7.35. The molecule has 1 saturated heterocycles. The minimum atomic E-state index is 0.172. The van der Waals surface area contributed by atoms with Crippen molar-refractivity contribution in [3.05, 3.63) is 72.3 Å². The maximum Gasteiger partial charge on any atom is 0.126 e. The number of hydrogen-bond acceptors (Lipinski definition) is 3. The van der Waals surface area contributed by atoms with Crippen LogP contribution in [0.2, 0.25) is 0 Å². The van der Waals surface area contributed by atoms with Gasteiger partial charge >= 0.3 is 0 Å². The van der Waals surface area contributed by atoms with Gasteiger partial charge in [0.1, 0.15) is 6.17 Å². The van der Waals surface area contributed by atoms with Gasteiger partial charge < -0.3 is 19.7 Å². The molecule has 3 aromatic carbocycles. The van der Waals surface area contributed by atoms with Gasteiger partial charge in [-0.25, -0.2) is 0 Å². The molecule has 0 saturated carbocycles. The molecule has 0 bridgehead atoms. The van der Waals surface area contributed by atoms with Gasteiger partial charge in [0.05, 0.1) is 11.4 Å². The Bertz CT molecular complexity index is 1250. The number of nitrogens with zero attached hydrogens (tertiary/aromatic N) is 3. The number of piperidine rings is 1. The third-order valence-electron chi connectivity index (χ3n) is 7.35. The van der Waals surface area contributed by atoms with E-state index >= 15 is 0 Å². The molecule has 2 aliphatic rings. The van der Waals surface area contributed by atoms with E-state index in [0.29, 0.717) is 0 Å². The van der Waals surface area contributed by atoms with Crippen molar-refractivity contribution in [1.82, 2.24) is 9.47 Å². The highest BCUT2D eigenvalue weighted by Crippen LogP contribution is 2.42. The molecule has 164 valence electrons. The summed E-state index contributed by atoms with van der Waals surface area (Å²) in [5.41, 5.74) is 6.56. The molecule has 1 aromatic heterocycles. The molecule has 1 N–H and O–H groups in total. The van der Waals surface area contributed by atoms with Crippen molar-refractivity contribution >= 4 is 33.2 Å². The molecule has 4 nitrogen and oxygen atoms in total. The average molecular weight is 425 g/mol. The molecule has 0 radical (unpaired) electrons. The molecule has 1 fully saturated rings. The zero-order valence-electron chi connectivity index (χ0n) is 18.9. The fourth-order valence-electron chi connectivity index (χ4n) is 5.74. The van der Waals surface area contributed by atoms with E-state index in [1.165, 1.54) is 71.1 Å². The minimum absolute atomic E-state index is 0.172. The van der Waals surface area contributed by atoms with Gasteiger partial charge in [-0.3, -0.25) is 0 Å². The number of nitrogens with one attached hydrogen (secondary N) is 1. The molecule has 32 heavy (non-hydrogen) atoms. The quantitative estimate of drug-likeness (QED) is 0.411. The fourth-order valence-corrected chi connectivity index (χ4v) is 5.74. The van der Waals surface area contributed by atoms with Crippen LogP contribution >= 0.6 is 0 Å². The van der Waals surface area contributed by atoms with Crippen LogP contribution in [-0.2, 0) is 6.54 Å². The second-order valence-corrected chi connectivity index (χ2v) is 9.20. The normalized spacial score (nSPS) is 18.9. The van der Waals surface area contributed by atoms with Crippen LogP contribution in [0.25, 0.3) is 21.8 Å². The summed E-state index contributed by atoms with van der Waals surface area (Å²) >= 11 is 0. The number of anilines is 2. The third kappa shape index (κ3) is 3.25. The van der Waals surface area contributed by atoms with E-state index in [9.17, 15) is 0 Å². The Labute approximate surface area is 190 Å². The number of aryl methyl sites for hydroxylation is 1. The van der Waals surface area contributed by atoms with Crippen molar-refractivity contribution in [2.24, 2.45) is 0 Å². The summed E-state index contributed by atoms with van der Waals surface area (Å²) in [7, 11) is 0. The summed E-state index contributed by atoms with van der Waals surface area (Å²) in [5.74, 6) is 0. The van der Waals surface area contributed by atoms with Crippen molar-refractivity contribution < 1.29 is 0 Å². The molecule has 6 rings (SSSR count). The van der Waals surface area contributed by atoms with Crippen molar-refractivity contribution in [3.8, 4) is 0 Å². The van der Waals surface area contributed by atoms with Gasteiger partial charge in [0, 0.05) is 41.4 Å². The maximum absolute atomic E-state index is 3.82. The second kappa shape index (κ2) is 8.18. The van der Waals surface area contributed by atoms with Crippen molar-refractivity contribution in [3.63, 3.8) is 0 Å². The molecule has 3 heterocycles. The Kier molecular flexibility index (Phi) is 5.03. The van der Waals surface area contributed by atoms with E-state index in [1.54, 1.807) is 0 Å². The fraction of sp³-hybridized carbons (Fsp3) is 0.357. The van der Waals surface area contributed by atoms with Gasteiger partial charge in [-0.1, -0.05) is 42.8 Å². The maximum atomic E-state index is 3.82. The topological polar surface area (TPSA) is 23.4 Å². The molecule has 4 heteroatoms. The van der Waals surface area contributed by atoms with Crippen LogP contribution in [0.5, 0.6) is 0 Å². The van der Waals surface area contributed by atoms with Crippen molar-refractivity contribution in [2.45, 2.75) is 38.9 Å². The largest absolute Gasteiger partial charge is 0.360 e. The smallest absolute Gasteiger partial charge is 0.126 e. The first-order valence-electron chi connectivity index (χ1n) is 12.2. The monoisotopic (exact) mass is 424 g/mol. The van der Waals surface area contributed by atoms with E-state index in [2.05, 4.69) is 93.3 Å². The molecule has 0 spiro atoms. The number of aromatic nitrogens is 1. The van der Waals surface area contributed by atoms with Gasteiger partial charge in [-0.2, -0.15) is 0 Å². The van der Waals surface area contributed by atoms with Crippen LogP contribution in [-0.4, -0.2) is 35.6 Å². The summed E-state index contributed by atoms with van der Waals surface area (Å²) in [5, 5.41) is 6.53. The van der Waals surface area contributed by atoms with Crippen LogP contribution in [0, 0.1) is 0 Å². The Morgan fingerprint density at radius 1 is 0.812 bits per heavy atom. The molecular formula is C28H32N4. The summed E-state index contributed by atoms with van der Waals surface area (Å²) in [6, 6.07) is 24.6. The highest BCUT2D eigenvalue weighted by Gasteiger charge is 2.30. The summed E-state index contributed by atoms with van der Waals surface area (Å²) < 4.78 is 2.43. The van der Waals surface area contributed by atoms with E-state index in [1.807, 2.05) is 0 Å². The number of benzene rings is 3. The van der Waals surface area contributed by atoms with Gasteiger partial charge in [0.15, 0.2) is 0 Å². The van der Waals surface area contributed by atoms with Crippen LogP contribution in [0.1, 0.15) is 37.9 Å². The van der Waals surface area contributed by atoms with Crippen LogP contribution < -0.4 is 10.2 Å². The number of para-hydroxylation sites is 3. The number of likely N-dealkylation sites (tertiary alicyclic amines) is 1. The summed E-state index contributed by atoms with van der Waals surface area (Å²) in [4.78, 5) is 5.21. The SMILES string of the molecule is CCn1c2ccccc2c2cc(C3Nc4ccccc4N3CCN3CCCCC3)ccc21. The minimum Gasteiger partial charge on any atom is -0.360 e. The first kappa shape index (κ1) is 19.7. The lowest BCUT2D eigenvalue weighted by molar-refractivity contribution is 0.232. The molecule has 1 unspecified atom stereocenters. The van der Waals surface area contributed by atoms with Crippen molar-refractivity contribution in [1.29, 1.82) is 0 Å². The summed E-state index contributed by atoms with van der Waals surface area (Å²) in [6.45, 7) is 7.88. The van der Waals surface area contributed by atoms with E-state index in [4.69, 9.17) is 0 Å². The Balaban J connectivity index is 1.38. The summed E-state index contributed by atoms with van der Waals surface area (Å²) in [6.07, 6.45) is 4.25. The standard InChI is InChI=1S/C28H32N4/c1-2-31-25-12-6-4-10-22(25)23-20-21(14-15-26(23)31)28-29-24-11-5-7-13-27(24)32(28)19-18-30-16-8-3-9-17-30/h4-7,10-15,20,28-29H,2-3,8-9,16-19H2,1H3. The van der Waals surface area contributed by atoms with E-state index in [-0.39, 0.29) is 6.17 Å². The molecular weight excluding hydrogens is 392 g/mol. The van der Waals surface area contributed by atoms with Gasteiger partial charge in [0.2, 0.25) is 0 Å². The molecule has 4 aromatic rings. The van der Waals surface area contributed by atoms with E-state index < -0.39 is 0 Å². The first-order valence-corrected chi connectivity index (χ1v) is 12.2. The van der Waals surface area contributed by atoms with Gasteiger partial charge in [0.25, 0.3) is 0 Å². The second-order valence-electron chi connectivity index (χ2n) is 9.20. The zero-order valence-corrected chi connectivity index (χ0v) is 18.9. The predicted octanol–water partition coefficient (Wildman–Crippen LogP) is 6.23. The zero-order chi connectivity index (χ0) is 21.5. The van der Waals surface area contributed by atoms with Crippen LogP contribution in [0.3, 0.4) is 0 Å². The first-order chi connectivity index (χ1) is 15.8. The highest BCUT2D eigenvalue weighted by atomic mass is 15.3. The highest BCUT2D eigenvalue weighted by molar-refractivity contribution is 6.08.